The molecule has 3 nitrogen and oxygen atoms in total. The number of rotatable bonds is 4. The monoisotopic (exact) mass is 271 g/mol. The number of nitriles is 1. The molecule has 0 radical (unpaired) electrons. The maximum atomic E-state index is 12.1. The highest BCUT2D eigenvalue weighted by molar-refractivity contribution is 5.82. The summed E-state index contributed by atoms with van der Waals surface area (Å²) >= 11 is 0. The number of benzene rings is 1. The third-order valence-corrected chi connectivity index (χ3v) is 4.01. The number of aryl methyl sites for hydroxylation is 2. The Balaban J connectivity index is 2.00. The van der Waals surface area contributed by atoms with Crippen LogP contribution in [0.3, 0.4) is 0 Å². The van der Waals surface area contributed by atoms with Gasteiger partial charge < -0.3 is 4.74 Å². The topological polar surface area (TPSA) is 50.1 Å². The van der Waals surface area contributed by atoms with Crippen molar-refractivity contribution in [3.63, 3.8) is 0 Å². The molecule has 1 aliphatic rings. The molecule has 0 N–H and O–H groups in total. The Labute approximate surface area is 120 Å². The van der Waals surface area contributed by atoms with E-state index in [1.807, 2.05) is 13.8 Å². The predicted octanol–water partition coefficient (Wildman–Crippen LogP) is 3.70. The van der Waals surface area contributed by atoms with Crippen molar-refractivity contribution in [3.8, 4) is 11.8 Å². The fraction of sp³-hybridized carbons (Fsp3) is 0.529. The fourth-order valence-corrected chi connectivity index (χ4v) is 2.93. The SMILES string of the molecule is Cc1cc(C#N)cc(C)c1OCC(=O)C1CCCCC1. The Morgan fingerprint density at radius 3 is 2.40 bits per heavy atom. The zero-order chi connectivity index (χ0) is 14.5. The molecule has 0 heterocycles. The molecule has 1 aromatic carbocycles. The van der Waals surface area contributed by atoms with Crippen LogP contribution in [-0.4, -0.2) is 12.4 Å². The van der Waals surface area contributed by atoms with Gasteiger partial charge in [0.05, 0.1) is 11.6 Å². The first-order valence-corrected chi connectivity index (χ1v) is 7.28. The molecule has 0 atom stereocenters. The Hall–Kier alpha value is -1.82. The van der Waals surface area contributed by atoms with Crippen LogP contribution >= 0.6 is 0 Å². The molecule has 1 saturated carbocycles. The van der Waals surface area contributed by atoms with Gasteiger partial charge in [-0.1, -0.05) is 19.3 Å². The van der Waals surface area contributed by atoms with Crippen LogP contribution in [0.15, 0.2) is 12.1 Å². The van der Waals surface area contributed by atoms with Gasteiger partial charge in [-0.25, -0.2) is 0 Å². The highest BCUT2D eigenvalue weighted by Gasteiger charge is 2.21. The molecule has 20 heavy (non-hydrogen) atoms. The van der Waals surface area contributed by atoms with Crippen LogP contribution in [0.4, 0.5) is 0 Å². The van der Waals surface area contributed by atoms with Crippen molar-refractivity contribution < 1.29 is 9.53 Å². The van der Waals surface area contributed by atoms with Gasteiger partial charge in [0.2, 0.25) is 0 Å². The van der Waals surface area contributed by atoms with E-state index in [0.717, 1.165) is 42.6 Å². The number of Topliss-reactive ketones (excluding diaryl/α,β-unsaturated/α-hetero) is 1. The average Bonchev–Trinajstić information content (AvgIpc) is 2.46. The van der Waals surface area contributed by atoms with Crippen LogP contribution < -0.4 is 4.74 Å². The standard InChI is InChI=1S/C17H21NO2/c1-12-8-14(10-18)9-13(2)17(12)20-11-16(19)15-6-4-3-5-7-15/h8-9,15H,3-7,11H2,1-2H3. The number of carbonyl (C=O) groups is 1. The van der Waals surface area contributed by atoms with Crippen molar-refractivity contribution in [2.45, 2.75) is 46.0 Å². The van der Waals surface area contributed by atoms with E-state index in [2.05, 4.69) is 6.07 Å². The lowest BCUT2D eigenvalue weighted by molar-refractivity contribution is -0.125. The summed E-state index contributed by atoms with van der Waals surface area (Å²) in [6.45, 7) is 3.97. The predicted molar refractivity (Wildman–Crippen MR) is 77.7 cm³/mol. The number of ketones is 1. The minimum Gasteiger partial charge on any atom is -0.485 e. The summed E-state index contributed by atoms with van der Waals surface area (Å²) in [7, 11) is 0. The lowest BCUT2D eigenvalue weighted by Gasteiger charge is -2.21. The molecular formula is C17H21NO2. The van der Waals surface area contributed by atoms with E-state index in [4.69, 9.17) is 10.00 Å². The van der Waals surface area contributed by atoms with E-state index in [9.17, 15) is 4.79 Å². The average molecular weight is 271 g/mol. The second-order valence-electron chi connectivity index (χ2n) is 5.64. The molecule has 0 unspecified atom stereocenters. The van der Waals surface area contributed by atoms with E-state index in [1.165, 1.54) is 6.42 Å². The van der Waals surface area contributed by atoms with Gasteiger partial charge in [-0.15, -0.1) is 0 Å². The van der Waals surface area contributed by atoms with Gasteiger partial charge in [0.25, 0.3) is 0 Å². The summed E-state index contributed by atoms with van der Waals surface area (Å²) in [6, 6.07) is 5.73. The summed E-state index contributed by atoms with van der Waals surface area (Å²) in [6.07, 6.45) is 5.58. The maximum absolute atomic E-state index is 12.1. The quantitative estimate of drug-likeness (QED) is 0.839. The molecule has 1 fully saturated rings. The van der Waals surface area contributed by atoms with Gasteiger partial charge in [0.1, 0.15) is 12.4 Å². The smallest absolute Gasteiger partial charge is 0.173 e. The van der Waals surface area contributed by atoms with Crippen LogP contribution in [0.1, 0.15) is 48.8 Å². The maximum Gasteiger partial charge on any atom is 0.173 e. The van der Waals surface area contributed by atoms with E-state index in [1.54, 1.807) is 12.1 Å². The molecule has 1 aliphatic carbocycles. The molecular weight excluding hydrogens is 250 g/mol. The summed E-state index contributed by atoms with van der Waals surface area (Å²) < 4.78 is 5.72. The number of hydrogen-bond acceptors (Lipinski definition) is 3. The molecule has 0 amide bonds. The zero-order valence-electron chi connectivity index (χ0n) is 12.2. The molecule has 0 aliphatic heterocycles. The third kappa shape index (κ3) is 3.39. The second kappa shape index (κ2) is 6.56. The lowest BCUT2D eigenvalue weighted by atomic mass is 9.86. The van der Waals surface area contributed by atoms with Crippen LogP contribution in [0.2, 0.25) is 0 Å². The van der Waals surface area contributed by atoms with E-state index in [0.29, 0.717) is 5.56 Å². The molecule has 1 aromatic rings. The largest absolute Gasteiger partial charge is 0.485 e. The van der Waals surface area contributed by atoms with Crippen LogP contribution in [0.25, 0.3) is 0 Å². The molecule has 2 rings (SSSR count). The Morgan fingerprint density at radius 1 is 1.25 bits per heavy atom. The number of nitrogens with zero attached hydrogens (tertiary/aromatic N) is 1. The van der Waals surface area contributed by atoms with Crippen molar-refractivity contribution in [2.75, 3.05) is 6.61 Å². The third-order valence-electron chi connectivity index (χ3n) is 4.01. The summed E-state index contributed by atoms with van der Waals surface area (Å²) in [5.41, 5.74) is 2.46. The van der Waals surface area contributed by atoms with Crippen molar-refractivity contribution in [3.05, 3.63) is 28.8 Å². The first kappa shape index (κ1) is 14.6. The second-order valence-corrected chi connectivity index (χ2v) is 5.64. The lowest BCUT2D eigenvalue weighted by Crippen LogP contribution is -2.24. The van der Waals surface area contributed by atoms with Gasteiger partial charge in [0.15, 0.2) is 5.78 Å². The van der Waals surface area contributed by atoms with Gasteiger partial charge in [-0.05, 0) is 49.9 Å². The number of hydrogen-bond donors (Lipinski definition) is 0. The minimum absolute atomic E-state index is 0.151. The molecule has 0 spiro atoms. The summed E-state index contributed by atoms with van der Waals surface area (Å²) in [5.74, 6) is 1.14. The van der Waals surface area contributed by atoms with Crippen LogP contribution in [-0.2, 0) is 4.79 Å². The summed E-state index contributed by atoms with van der Waals surface area (Å²) in [4.78, 5) is 12.1. The number of carbonyl (C=O) groups excluding carboxylic acids is 1. The van der Waals surface area contributed by atoms with E-state index >= 15 is 0 Å². The number of ether oxygens (including phenoxy) is 1. The first-order valence-electron chi connectivity index (χ1n) is 7.28. The van der Waals surface area contributed by atoms with Crippen molar-refractivity contribution in [2.24, 2.45) is 5.92 Å². The van der Waals surface area contributed by atoms with E-state index in [-0.39, 0.29) is 18.3 Å². The van der Waals surface area contributed by atoms with Gasteiger partial charge in [-0.2, -0.15) is 5.26 Å². The zero-order valence-corrected chi connectivity index (χ0v) is 12.2. The van der Waals surface area contributed by atoms with Gasteiger partial charge in [0, 0.05) is 5.92 Å². The van der Waals surface area contributed by atoms with Crippen LogP contribution in [0.5, 0.6) is 5.75 Å². The molecule has 0 saturated heterocycles. The first-order chi connectivity index (χ1) is 9.61. The highest BCUT2D eigenvalue weighted by Crippen LogP contribution is 2.27. The Kier molecular flexibility index (Phi) is 4.79. The van der Waals surface area contributed by atoms with Crippen molar-refractivity contribution >= 4 is 5.78 Å². The normalized spacial score (nSPS) is 15.7. The minimum atomic E-state index is 0.151. The van der Waals surface area contributed by atoms with Crippen molar-refractivity contribution in [1.82, 2.24) is 0 Å². The summed E-state index contributed by atoms with van der Waals surface area (Å²) in [5, 5.41) is 8.92. The molecule has 3 heteroatoms. The fourth-order valence-electron chi connectivity index (χ4n) is 2.93. The molecule has 0 bridgehead atoms. The Morgan fingerprint density at radius 2 is 1.85 bits per heavy atom. The van der Waals surface area contributed by atoms with Gasteiger partial charge >= 0.3 is 0 Å². The van der Waals surface area contributed by atoms with Crippen molar-refractivity contribution in [1.29, 1.82) is 5.26 Å². The van der Waals surface area contributed by atoms with Gasteiger partial charge in [-0.3, -0.25) is 4.79 Å². The molecule has 106 valence electrons. The highest BCUT2D eigenvalue weighted by atomic mass is 16.5. The van der Waals surface area contributed by atoms with E-state index < -0.39 is 0 Å². The Bertz CT molecular complexity index is 513. The van der Waals surface area contributed by atoms with Crippen LogP contribution in [0, 0.1) is 31.1 Å². The molecule has 0 aromatic heterocycles.